The minimum Gasteiger partial charge on any atom is -0.493 e. The van der Waals surface area contributed by atoms with Gasteiger partial charge >= 0.3 is 0 Å². The van der Waals surface area contributed by atoms with Gasteiger partial charge in [-0.05, 0) is 26.3 Å². The smallest absolute Gasteiger partial charge is 0.168 e. The molecule has 1 atom stereocenters. The van der Waals surface area contributed by atoms with Crippen molar-refractivity contribution in [1.82, 2.24) is 5.32 Å². The summed E-state index contributed by atoms with van der Waals surface area (Å²) in [6.45, 7) is 2.41. The van der Waals surface area contributed by atoms with Gasteiger partial charge in [-0.25, -0.2) is 13.2 Å². The predicted octanol–water partition coefficient (Wildman–Crippen LogP) is 2.71. The van der Waals surface area contributed by atoms with Gasteiger partial charge in [0.1, 0.15) is 0 Å². The lowest BCUT2D eigenvalue weighted by Gasteiger charge is -2.27. The molecule has 0 aromatic heterocycles. The highest BCUT2D eigenvalue weighted by Crippen LogP contribution is 2.40. The van der Waals surface area contributed by atoms with E-state index in [2.05, 4.69) is 5.32 Å². The molecule has 1 N–H and O–H groups in total. The number of halogens is 3. The van der Waals surface area contributed by atoms with E-state index in [1.165, 1.54) is 7.11 Å². The van der Waals surface area contributed by atoms with Crippen LogP contribution >= 0.6 is 0 Å². The van der Waals surface area contributed by atoms with Crippen LogP contribution < -0.4 is 10.1 Å². The Morgan fingerprint density at radius 3 is 2.53 bits per heavy atom. The normalized spacial score (nSPS) is 24.1. The van der Waals surface area contributed by atoms with Gasteiger partial charge in [-0.1, -0.05) is 0 Å². The topological polar surface area (TPSA) is 21.3 Å². The molecule has 0 saturated carbocycles. The largest absolute Gasteiger partial charge is 0.493 e. The molecule has 1 aromatic carbocycles. The van der Waals surface area contributed by atoms with Crippen LogP contribution in [0.25, 0.3) is 0 Å². The summed E-state index contributed by atoms with van der Waals surface area (Å²) in [6.07, 6.45) is 1.44. The van der Waals surface area contributed by atoms with Crippen molar-refractivity contribution < 1.29 is 17.9 Å². The molecule has 0 bridgehead atoms. The van der Waals surface area contributed by atoms with Gasteiger partial charge < -0.3 is 10.1 Å². The first-order valence-corrected chi connectivity index (χ1v) is 5.46. The maximum atomic E-state index is 13.9. The minimum absolute atomic E-state index is 0.0602. The van der Waals surface area contributed by atoms with Crippen LogP contribution in [-0.2, 0) is 5.54 Å². The Bertz CT molecular complexity index is 442. The van der Waals surface area contributed by atoms with Gasteiger partial charge in [0.25, 0.3) is 0 Å². The van der Waals surface area contributed by atoms with Crippen LogP contribution in [0.1, 0.15) is 25.3 Å². The Balaban J connectivity index is 2.65. The van der Waals surface area contributed by atoms with Gasteiger partial charge in [0.2, 0.25) is 0 Å². The van der Waals surface area contributed by atoms with Crippen LogP contribution in [-0.4, -0.2) is 13.7 Å². The number of methoxy groups -OCH3 is 1. The second-order valence-corrected chi connectivity index (χ2v) is 4.42. The molecule has 2 rings (SSSR count). The zero-order chi connectivity index (χ0) is 12.6. The number of hydrogen-bond donors (Lipinski definition) is 1. The van der Waals surface area contributed by atoms with Crippen molar-refractivity contribution in [1.29, 1.82) is 0 Å². The van der Waals surface area contributed by atoms with Crippen LogP contribution in [0.5, 0.6) is 5.75 Å². The number of benzene rings is 1. The second kappa shape index (κ2) is 4.22. The molecule has 17 heavy (non-hydrogen) atoms. The summed E-state index contributed by atoms with van der Waals surface area (Å²) in [5.74, 6) is -3.33. The third-order valence-corrected chi connectivity index (χ3v) is 3.25. The minimum atomic E-state index is -1.19. The molecular formula is C12H14F3NO. The van der Waals surface area contributed by atoms with Gasteiger partial charge in [-0.15, -0.1) is 0 Å². The molecule has 94 valence electrons. The van der Waals surface area contributed by atoms with Crippen LogP contribution in [0.15, 0.2) is 6.07 Å². The molecule has 1 unspecified atom stereocenters. The Morgan fingerprint density at radius 1 is 1.29 bits per heavy atom. The Labute approximate surface area is 97.8 Å². The van der Waals surface area contributed by atoms with E-state index in [1.807, 2.05) is 0 Å². The molecule has 1 heterocycles. The van der Waals surface area contributed by atoms with Gasteiger partial charge in [-0.2, -0.15) is 0 Å². The summed E-state index contributed by atoms with van der Waals surface area (Å²) in [4.78, 5) is 0. The zero-order valence-electron chi connectivity index (χ0n) is 9.74. The highest BCUT2D eigenvalue weighted by molar-refractivity contribution is 5.42. The van der Waals surface area contributed by atoms with E-state index < -0.39 is 23.0 Å². The van der Waals surface area contributed by atoms with Crippen molar-refractivity contribution in [3.05, 3.63) is 29.1 Å². The summed E-state index contributed by atoms with van der Waals surface area (Å²) < 4.78 is 45.6. The average molecular weight is 245 g/mol. The second-order valence-electron chi connectivity index (χ2n) is 4.42. The summed E-state index contributed by atoms with van der Waals surface area (Å²) in [5.41, 5.74) is -0.840. The zero-order valence-corrected chi connectivity index (χ0v) is 9.74. The van der Waals surface area contributed by atoms with Crippen LogP contribution in [0.4, 0.5) is 13.2 Å². The van der Waals surface area contributed by atoms with E-state index in [0.29, 0.717) is 19.0 Å². The first-order valence-electron chi connectivity index (χ1n) is 5.46. The van der Waals surface area contributed by atoms with E-state index >= 15 is 0 Å². The van der Waals surface area contributed by atoms with Gasteiger partial charge in [0.05, 0.1) is 12.7 Å². The van der Waals surface area contributed by atoms with Crippen LogP contribution in [0.3, 0.4) is 0 Å². The molecule has 1 fully saturated rings. The van der Waals surface area contributed by atoms with Crippen molar-refractivity contribution in [2.75, 3.05) is 13.7 Å². The number of hydrogen-bond acceptors (Lipinski definition) is 2. The standard InChI is InChI=1S/C12H14F3NO/c1-12(4-3-5-16-12)9-10(15)7(13)6-8(14)11(9)17-2/h6,16H,3-5H2,1-2H3. The molecule has 1 aromatic rings. The molecule has 0 radical (unpaired) electrons. The first kappa shape index (κ1) is 12.2. The molecular weight excluding hydrogens is 231 g/mol. The summed E-state index contributed by atoms with van der Waals surface area (Å²) in [7, 11) is 1.25. The van der Waals surface area contributed by atoms with Crippen molar-refractivity contribution >= 4 is 0 Å². The summed E-state index contributed by atoms with van der Waals surface area (Å²) >= 11 is 0. The van der Waals surface area contributed by atoms with Crippen LogP contribution in [0, 0.1) is 17.5 Å². The number of ether oxygens (including phenoxy) is 1. The Kier molecular flexibility index (Phi) is 3.03. The third kappa shape index (κ3) is 1.88. The molecule has 2 nitrogen and oxygen atoms in total. The highest BCUT2D eigenvalue weighted by atomic mass is 19.2. The first-order chi connectivity index (χ1) is 7.99. The lowest BCUT2D eigenvalue weighted by Crippen LogP contribution is -2.35. The van der Waals surface area contributed by atoms with Crippen molar-refractivity contribution in [3.63, 3.8) is 0 Å². The molecule has 0 aliphatic carbocycles. The maximum Gasteiger partial charge on any atom is 0.168 e. The average Bonchev–Trinajstić information content (AvgIpc) is 2.71. The number of rotatable bonds is 2. The highest BCUT2D eigenvalue weighted by Gasteiger charge is 2.38. The SMILES string of the molecule is COc1c(F)cc(F)c(F)c1C1(C)CCCN1. The third-order valence-electron chi connectivity index (χ3n) is 3.25. The molecule has 0 amide bonds. The van der Waals surface area contributed by atoms with Crippen molar-refractivity contribution in [2.24, 2.45) is 0 Å². The van der Waals surface area contributed by atoms with E-state index in [1.54, 1.807) is 6.92 Å². The summed E-state index contributed by atoms with van der Waals surface area (Å²) in [6, 6.07) is 0.510. The van der Waals surface area contributed by atoms with Gasteiger partial charge in [0.15, 0.2) is 23.2 Å². The predicted molar refractivity (Wildman–Crippen MR) is 57.5 cm³/mol. The number of nitrogens with one attached hydrogen (secondary N) is 1. The quantitative estimate of drug-likeness (QED) is 0.809. The van der Waals surface area contributed by atoms with E-state index in [0.717, 1.165) is 6.42 Å². The lowest BCUT2D eigenvalue weighted by atomic mass is 9.89. The molecule has 1 aliphatic heterocycles. The Hall–Kier alpha value is -1.23. The van der Waals surface area contributed by atoms with Crippen molar-refractivity contribution in [3.8, 4) is 5.75 Å². The van der Waals surface area contributed by atoms with E-state index in [-0.39, 0.29) is 11.3 Å². The fraction of sp³-hybridized carbons (Fsp3) is 0.500. The molecule has 5 heteroatoms. The van der Waals surface area contributed by atoms with E-state index in [4.69, 9.17) is 4.74 Å². The Morgan fingerprint density at radius 2 is 2.00 bits per heavy atom. The summed E-state index contributed by atoms with van der Waals surface area (Å²) in [5, 5.41) is 3.07. The fourth-order valence-electron chi connectivity index (χ4n) is 2.38. The molecule has 1 saturated heterocycles. The van der Waals surface area contributed by atoms with Crippen molar-refractivity contribution in [2.45, 2.75) is 25.3 Å². The molecule has 0 spiro atoms. The monoisotopic (exact) mass is 245 g/mol. The van der Waals surface area contributed by atoms with Gasteiger partial charge in [0, 0.05) is 11.6 Å². The maximum absolute atomic E-state index is 13.9. The lowest BCUT2D eigenvalue weighted by molar-refractivity contribution is 0.328. The molecule has 1 aliphatic rings. The van der Waals surface area contributed by atoms with Gasteiger partial charge in [-0.3, -0.25) is 0 Å². The fourth-order valence-corrected chi connectivity index (χ4v) is 2.38. The van der Waals surface area contributed by atoms with E-state index in [9.17, 15) is 13.2 Å². The van der Waals surface area contributed by atoms with Crippen LogP contribution in [0.2, 0.25) is 0 Å².